The second-order valence-electron chi connectivity index (χ2n) is 4.73. The molecule has 0 N–H and O–H groups in total. The Morgan fingerprint density at radius 3 is 2.74 bits per heavy atom. The van der Waals surface area contributed by atoms with Gasteiger partial charge in [0.15, 0.2) is 5.78 Å². The number of carbonyl (C=O) groups is 1. The second-order valence-corrected chi connectivity index (χ2v) is 4.73. The summed E-state index contributed by atoms with van der Waals surface area (Å²) in [6.45, 7) is -0.567. The van der Waals surface area contributed by atoms with Crippen molar-refractivity contribution >= 4 is 5.78 Å². The van der Waals surface area contributed by atoms with Crippen molar-refractivity contribution in [2.75, 3.05) is 13.2 Å². The average molecular weight is 275 g/mol. The van der Waals surface area contributed by atoms with Crippen LogP contribution in [0.4, 0.5) is 13.2 Å². The van der Waals surface area contributed by atoms with Crippen molar-refractivity contribution in [2.45, 2.75) is 38.4 Å². The number of aromatic nitrogens is 1. The van der Waals surface area contributed by atoms with E-state index in [1.54, 1.807) is 6.20 Å². The molecule has 1 aliphatic carbocycles. The van der Waals surface area contributed by atoms with Gasteiger partial charge in [-0.25, -0.2) is 0 Å². The number of rotatable bonds is 5. The predicted octanol–water partition coefficient (Wildman–Crippen LogP) is 2.98. The second kappa shape index (κ2) is 5.77. The average Bonchev–Trinajstić information content (AvgIpc) is 2.71. The van der Waals surface area contributed by atoms with Gasteiger partial charge in [0.2, 0.25) is 0 Å². The Morgan fingerprint density at radius 1 is 1.26 bits per heavy atom. The molecule has 19 heavy (non-hydrogen) atoms. The van der Waals surface area contributed by atoms with E-state index in [2.05, 4.69) is 4.74 Å². The van der Waals surface area contributed by atoms with Gasteiger partial charge < -0.3 is 9.30 Å². The third-order valence-corrected chi connectivity index (χ3v) is 3.08. The van der Waals surface area contributed by atoms with Crippen molar-refractivity contribution in [1.82, 2.24) is 4.57 Å². The first-order valence-electron chi connectivity index (χ1n) is 6.32. The Morgan fingerprint density at radius 2 is 2.05 bits per heavy atom. The Hall–Kier alpha value is -1.30. The third kappa shape index (κ3) is 4.09. The van der Waals surface area contributed by atoms with Crippen LogP contribution in [-0.4, -0.2) is 29.7 Å². The maximum atomic E-state index is 11.8. The Kier molecular flexibility index (Phi) is 4.29. The molecular formula is C13H16F3NO2. The molecule has 0 saturated carbocycles. The lowest BCUT2D eigenvalue weighted by molar-refractivity contribution is -0.174. The number of halogens is 3. The Balaban J connectivity index is 1.76. The van der Waals surface area contributed by atoms with E-state index < -0.39 is 12.8 Å². The molecule has 0 amide bonds. The van der Waals surface area contributed by atoms with Crippen molar-refractivity contribution in [1.29, 1.82) is 0 Å². The molecule has 0 saturated heterocycles. The summed E-state index contributed by atoms with van der Waals surface area (Å²) < 4.78 is 41.9. The summed E-state index contributed by atoms with van der Waals surface area (Å²) in [6.07, 6.45) is 2.31. The highest BCUT2D eigenvalue weighted by molar-refractivity contribution is 5.98. The summed E-state index contributed by atoms with van der Waals surface area (Å²) in [5.74, 6) is 0.160. The molecule has 0 unspecified atom stereocenters. The molecule has 3 nitrogen and oxygen atoms in total. The molecule has 2 rings (SSSR count). The highest BCUT2D eigenvalue weighted by Crippen LogP contribution is 2.22. The standard InChI is InChI=1S/C13H16F3NO2/c14-13(15,16)9-19-6-2-5-17-7-10-3-1-4-12(18)11(10)8-17/h7-8H,1-6,9H2. The van der Waals surface area contributed by atoms with Gasteiger partial charge in [0.05, 0.1) is 0 Å². The third-order valence-electron chi connectivity index (χ3n) is 3.08. The van der Waals surface area contributed by atoms with Crippen LogP contribution < -0.4 is 0 Å². The van der Waals surface area contributed by atoms with Gasteiger partial charge in [0, 0.05) is 37.5 Å². The number of fused-ring (bicyclic) bond motifs is 1. The molecule has 0 bridgehead atoms. The molecule has 1 heterocycles. The van der Waals surface area contributed by atoms with Crippen LogP contribution in [-0.2, 0) is 17.7 Å². The summed E-state index contributed by atoms with van der Waals surface area (Å²) in [7, 11) is 0. The highest BCUT2D eigenvalue weighted by atomic mass is 19.4. The molecular weight excluding hydrogens is 259 g/mol. The topological polar surface area (TPSA) is 31.2 Å². The first kappa shape index (κ1) is 14.1. The SMILES string of the molecule is O=C1CCCc2cn(CCCOCC(F)(F)F)cc21. The Labute approximate surface area is 109 Å². The first-order valence-corrected chi connectivity index (χ1v) is 6.32. The number of hydrogen-bond donors (Lipinski definition) is 0. The fourth-order valence-corrected chi connectivity index (χ4v) is 2.25. The zero-order chi connectivity index (χ0) is 13.9. The fraction of sp³-hybridized carbons (Fsp3) is 0.615. The van der Waals surface area contributed by atoms with Crippen molar-refractivity contribution in [3.63, 3.8) is 0 Å². The number of ketones is 1. The smallest absolute Gasteiger partial charge is 0.372 e. The number of ether oxygens (including phenoxy) is 1. The van der Waals surface area contributed by atoms with Crippen LogP contribution >= 0.6 is 0 Å². The van der Waals surface area contributed by atoms with Gasteiger partial charge in [-0.1, -0.05) is 0 Å². The zero-order valence-corrected chi connectivity index (χ0v) is 10.5. The summed E-state index contributed by atoms with van der Waals surface area (Å²) >= 11 is 0. The van der Waals surface area contributed by atoms with Crippen LogP contribution in [0.5, 0.6) is 0 Å². The van der Waals surface area contributed by atoms with Crippen LogP contribution in [0.2, 0.25) is 0 Å². The van der Waals surface area contributed by atoms with E-state index in [0.29, 0.717) is 19.4 Å². The minimum atomic E-state index is -4.26. The summed E-state index contributed by atoms with van der Waals surface area (Å²) in [5.41, 5.74) is 1.81. The number of alkyl halides is 3. The van der Waals surface area contributed by atoms with Crippen LogP contribution in [0.1, 0.15) is 35.2 Å². The monoisotopic (exact) mass is 275 g/mol. The van der Waals surface area contributed by atoms with Crippen molar-refractivity contribution in [3.05, 3.63) is 23.5 Å². The number of nitrogens with zero attached hydrogens (tertiary/aromatic N) is 1. The predicted molar refractivity (Wildman–Crippen MR) is 63.2 cm³/mol. The lowest BCUT2D eigenvalue weighted by Gasteiger charge is -2.07. The number of carbonyl (C=O) groups excluding carboxylic acids is 1. The maximum Gasteiger partial charge on any atom is 0.411 e. The quantitative estimate of drug-likeness (QED) is 0.774. The molecule has 1 aliphatic rings. The largest absolute Gasteiger partial charge is 0.411 e. The van der Waals surface area contributed by atoms with Crippen LogP contribution in [0.25, 0.3) is 0 Å². The lowest BCUT2D eigenvalue weighted by Crippen LogP contribution is -2.17. The van der Waals surface area contributed by atoms with E-state index in [1.165, 1.54) is 0 Å². The van der Waals surface area contributed by atoms with E-state index in [-0.39, 0.29) is 12.4 Å². The van der Waals surface area contributed by atoms with Gasteiger partial charge in [-0.15, -0.1) is 0 Å². The summed E-state index contributed by atoms with van der Waals surface area (Å²) in [6, 6.07) is 0. The van der Waals surface area contributed by atoms with E-state index in [0.717, 1.165) is 24.0 Å². The van der Waals surface area contributed by atoms with E-state index >= 15 is 0 Å². The van der Waals surface area contributed by atoms with Gasteiger partial charge >= 0.3 is 6.18 Å². The van der Waals surface area contributed by atoms with Crippen molar-refractivity contribution in [3.8, 4) is 0 Å². The normalized spacial score (nSPS) is 15.6. The highest BCUT2D eigenvalue weighted by Gasteiger charge is 2.27. The maximum absolute atomic E-state index is 11.8. The lowest BCUT2D eigenvalue weighted by atomic mass is 9.95. The molecule has 0 atom stereocenters. The molecule has 0 aromatic carbocycles. The van der Waals surface area contributed by atoms with Gasteiger partial charge in [-0.05, 0) is 24.8 Å². The molecule has 0 fully saturated rings. The molecule has 1 aromatic heterocycles. The van der Waals surface area contributed by atoms with Crippen LogP contribution in [0.3, 0.4) is 0 Å². The number of hydrogen-bond acceptors (Lipinski definition) is 2. The molecule has 0 radical (unpaired) electrons. The van der Waals surface area contributed by atoms with Crippen LogP contribution in [0, 0.1) is 0 Å². The molecule has 106 valence electrons. The molecule has 1 aromatic rings. The van der Waals surface area contributed by atoms with Crippen LogP contribution in [0.15, 0.2) is 12.4 Å². The minimum absolute atomic E-state index is 0.0658. The van der Waals surface area contributed by atoms with Gasteiger partial charge in [-0.2, -0.15) is 13.2 Å². The first-order chi connectivity index (χ1) is 8.96. The summed E-state index contributed by atoms with van der Waals surface area (Å²) in [4.78, 5) is 11.6. The Bertz CT molecular complexity index is 451. The molecule has 0 aliphatic heterocycles. The summed E-state index contributed by atoms with van der Waals surface area (Å²) in [5, 5.41) is 0. The van der Waals surface area contributed by atoms with Crippen molar-refractivity contribution < 1.29 is 22.7 Å². The van der Waals surface area contributed by atoms with Gasteiger partial charge in [0.25, 0.3) is 0 Å². The minimum Gasteiger partial charge on any atom is -0.372 e. The van der Waals surface area contributed by atoms with Gasteiger partial charge in [-0.3, -0.25) is 4.79 Å². The van der Waals surface area contributed by atoms with E-state index in [4.69, 9.17) is 0 Å². The van der Waals surface area contributed by atoms with Crippen molar-refractivity contribution in [2.24, 2.45) is 0 Å². The fourth-order valence-electron chi connectivity index (χ4n) is 2.25. The number of aryl methyl sites for hydroxylation is 2. The van der Waals surface area contributed by atoms with E-state index in [1.807, 2.05) is 10.8 Å². The van der Waals surface area contributed by atoms with E-state index in [9.17, 15) is 18.0 Å². The van der Waals surface area contributed by atoms with Gasteiger partial charge in [0.1, 0.15) is 6.61 Å². The molecule has 6 heteroatoms. The number of Topliss-reactive ketones (excluding diaryl/α,β-unsaturated/α-hetero) is 1. The molecule has 0 spiro atoms. The zero-order valence-electron chi connectivity index (χ0n) is 10.5.